The van der Waals surface area contributed by atoms with Gasteiger partial charge in [-0.3, -0.25) is 0 Å². The van der Waals surface area contributed by atoms with E-state index < -0.39 is 0 Å². The van der Waals surface area contributed by atoms with Gasteiger partial charge in [0.1, 0.15) is 0 Å². The van der Waals surface area contributed by atoms with Crippen LogP contribution in [-0.2, 0) is 4.74 Å². The van der Waals surface area contributed by atoms with Gasteiger partial charge in [-0.25, -0.2) is 0 Å². The monoisotopic (exact) mass is 324 g/mol. The van der Waals surface area contributed by atoms with E-state index in [-0.39, 0.29) is 11.7 Å². The molecule has 2 aliphatic rings. The molecule has 2 heterocycles. The summed E-state index contributed by atoms with van der Waals surface area (Å²) < 4.78 is 6.05. The summed E-state index contributed by atoms with van der Waals surface area (Å²) in [4.78, 5) is 1.29. The summed E-state index contributed by atoms with van der Waals surface area (Å²) >= 11 is 3.78. The summed E-state index contributed by atoms with van der Waals surface area (Å²) in [5.41, 5.74) is 1.37. The fraction of sp³-hybridized carbons (Fsp3) is 0.647. The Kier molecular flexibility index (Phi) is 5.20. The molecule has 0 aromatic heterocycles. The SMILES string of the molecule is Cc1ccccc1SCC(O)C1CCOC2(CCSC2)C1. The van der Waals surface area contributed by atoms with Crippen molar-refractivity contribution in [1.29, 1.82) is 0 Å². The van der Waals surface area contributed by atoms with Crippen molar-refractivity contribution in [1.82, 2.24) is 0 Å². The molecule has 4 heteroatoms. The minimum absolute atomic E-state index is 0.0713. The van der Waals surface area contributed by atoms with E-state index in [1.807, 2.05) is 11.8 Å². The average Bonchev–Trinajstić information content (AvgIpc) is 2.94. The Labute approximate surface area is 136 Å². The quantitative estimate of drug-likeness (QED) is 0.854. The highest BCUT2D eigenvalue weighted by Crippen LogP contribution is 2.41. The second kappa shape index (κ2) is 6.95. The van der Waals surface area contributed by atoms with E-state index in [9.17, 15) is 5.11 Å². The number of aliphatic hydroxyl groups is 1. The Morgan fingerprint density at radius 1 is 1.48 bits per heavy atom. The highest BCUT2D eigenvalue weighted by molar-refractivity contribution is 7.99. The van der Waals surface area contributed by atoms with Crippen LogP contribution in [-0.4, -0.2) is 40.7 Å². The van der Waals surface area contributed by atoms with Crippen LogP contribution in [0, 0.1) is 12.8 Å². The van der Waals surface area contributed by atoms with E-state index in [1.54, 1.807) is 11.8 Å². The van der Waals surface area contributed by atoms with Crippen LogP contribution in [0.1, 0.15) is 24.8 Å². The number of benzene rings is 1. The van der Waals surface area contributed by atoms with Crippen molar-refractivity contribution in [2.24, 2.45) is 5.92 Å². The molecule has 2 saturated heterocycles. The summed E-state index contributed by atoms with van der Waals surface area (Å²) in [5.74, 6) is 3.51. The third kappa shape index (κ3) is 3.79. The fourth-order valence-corrected chi connectivity index (χ4v) is 5.76. The summed E-state index contributed by atoms with van der Waals surface area (Å²) in [7, 11) is 0. The Balaban J connectivity index is 1.55. The van der Waals surface area contributed by atoms with Gasteiger partial charge >= 0.3 is 0 Å². The van der Waals surface area contributed by atoms with E-state index in [2.05, 4.69) is 31.2 Å². The van der Waals surface area contributed by atoms with Gasteiger partial charge in [0, 0.05) is 23.0 Å². The van der Waals surface area contributed by atoms with Gasteiger partial charge in [0.05, 0.1) is 11.7 Å². The largest absolute Gasteiger partial charge is 0.392 e. The second-order valence-corrected chi connectivity index (χ2v) is 8.40. The lowest BCUT2D eigenvalue weighted by atomic mass is 9.83. The smallest absolute Gasteiger partial charge is 0.0783 e. The fourth-order valence-electron chi connectivity index (χ4n) is 3.29. The number of thioether (sulfide) groups is 2. The van der Waals surface area contributed by atoms with Crippen LogP contribution < -0.4 is 0 Å². The maximum atomic E-state index is 10.6. The Hall–Kier alpha value is -0.160. The summed E-state index contributed by atoms with van der Waals surface area (Å²) in [6, 6.07) is 8.41. The van der Waals surface area contributed by atoms with Crippen molar-refractivity contribution in [3.05, 3.63) is 29.8 Å². The number of hydrogen-bond donors (Lipinski definition) is 1. The van der Waals surface area contributed by atoms with Crippen LogP contribution >= 0.6 is 23.5 Å². The van der Waals surface area contributed by atoms with Crippen molar-refractivity contribution in [3.8, 4) is 0 Å². The summed E-state index contributed by atoms with van der Waals surface area (Å²) in [5, 5.41) is 10.6. The van der Waals surface area contributed by atoms with Gasteiger partial charge in [-0.2, -0.15) is 11.8 Å². The lowest BCUT2D eigenvalue weighted by molar-refractivity contribution is -0.0977. The molecule has 0 amide bonds. The number of hydrogen-bond acceptors (Lipinski definition) is 4. The van der Waals surface area contributed by atoms with E-state index in [1.165, 1.54) is 16.2 Å². The molecule has 0 bridgehead atoms. The number of aliphatic hydroxyl groups excluding tert-OH is 1. The van der Waals surface area contributed by atoms with Crippen molar-refractivity contribution in [2.45, 2.75) is 42.8 Å². The average molecular weight is 325 g/mol. The van der Waals surface area contributed by atoms with E-state index in [0.717, 1.165) is 37.4 Å². The molecule has 1 spiro atoms. The molecule has 1 aromatic rings. The van der Waals surface area contributed by atoms with Gasteiger partial charge in [0.15, 0.2) is 0 Å². The first-order valence-electron chi connectivity index (χ1n) is 7.77. The first kappa shape index (κ1) is 15.7. The third-order valence-electron chi connectivity index (χ3n) is 4.65. The zero-order valence-electron chi connectivity index (χ0n) is 12.6. The lowest BCUT2D eigenvalue weighted by Gasteiger charge is -2.39. The first-order chi connectivity index (χ1) is 10.2. The first-order valence-corrected chi connectivity index (χ1v) is 9.91. The molecule has 2 aliphatic heterocycles. The molecule has 0 saturated carbocycles. The molecule has 0 aliphatic carbocycles. The highest BCUT2D eigenvalue weighted by atomic mass is 32.2. The molecule has 1 N–H and O–H groups in total. The Morgan fingerprint density at radius 3 is 3.10 bits per heavy atom. The molecule has 1 aromatic carbocycles. The number of rotatable bonds is 4. The molecule has 3 atom stereocenters. The second-order valence-electron chi connectivity index (χ2n) is 6.23. The van der Waals surface area contributed by atoms with Crippen LogP contribution in [0.3, 0.4) is 0 Å². The Bertz CT molecular complexity index is 472. The molecule has 2 fully saturated rings. The third-order valence-corrected chi connectivity index (χ3v) is 7.15. The zero-order chi connectivity index (χ0) is 14.7. The van der Waals surface area contributed by atoms with Crippen molar-refractivity contribution in [2.75, 3.05) is 23.9 Å². The molecular formula is C17H24O2S2. The van der Waals surface area contributed by atoms with Crippen molar-refractivity contribution >= 4 is 23.5 Å². The Morgan fingerprint density at radius 2 is 2.33 bits per heavy atom. The minimum Gasteiger partial charge on any atom is -0.392 e. The maximum absolute atomic E-state index is 10.6. The van der Waals surface area contributed by atoms with Crippen LogP contribution in [0.4, 0.5) is 0 Å². The molecule has 116 valence electrons. The molecule has 2 nitrogen and oxygen atoms in total. The van der Waals surface area contributed by atoms with Gasteiger partial charge in [-0.1, -0.05) is 18.2 Å². The maximum Gasteiger partial charge on any atom is 0.0783 e. The van der Waals surface area contributed by atoms with Crippen LogP contribution in [0.15, 0.2) is 29.2 Å². The topological polar surface area (TPSA) is 29.5 Å². The van der Waals surface area contributed by atoms with Gasteiger partial charge in [0.2, 0.25) is 0 Å². The van der Waals surface area contributed by atoms with Crippen LogP contribution in [0.2, 0.25) is 0 Å². The van der Waals surface area contributed by atoms with E-state index in [0.29, 0.717) is 5.92 Å². The number of ether oxygens (including phenoxy) is 1. The van der Waals surface area contributed by atoms with E-state index >= 15 is 0 Å². The number of aryl methyl sites for hydroxylation is 1. The summed E-state index contributed by atoms with van der Waals surface area (Å²) in [6.07, 6.45) is 2.98. The van der Waals surface area contributed by atoms with Crippen molar-refractivity contribution in [3.63, 3.8) is 0 Å². The normalized spacial score (nSPS) is 30.7. The standard InChI is InChI=1S/C17H24O2S2/c1-13-4-2-3-5-16(13)21-11-15(18)14-6-8-19-17(10-14)7-9-20-12-17/h2-5,14-15,18H,6-12H2,1H3. The molecule has 3 unspecified atom stereocenters. The van der Waals surface area contributed by atoms with Gasteiger partial charge in [0.25, 0.3) is 0 Å². The van der Waals surface area contributed by atoms with E-state index in [4.69, 9.17) is 4.74 Å². The highest BCUT2D eigenvalue weighted by Gasteiger charge is 2.42. The molecule has 21 heavy (non-hydrogen) atoms. The minimum atomic E-state index is -0.221. The predicted molar refractivity (Wildman–Crippen MR) is 91.3 cm³/mol. The van der Waals surface area contributed by atoms with Crippen molar-refractivity contribution < 1.29 is 9.84 Å². The predicted octanol–water partition coefficient (Wildman–Crippen LogP) is 3.75. The zero-order valence-corrected chi connectivity index (χ0v) is 14.2. The summed E-state index contributed by atoms with van der Waals surface area (Å²) in [6.45, 7) is 2.95. The molecule has 3 rings (SSSR count). The lowest BCUT2D eigenvalue weighted by Crippen LogP contribution is -2.43. The van der Waals surface area contributed by atoms with Crippen LogP contribution in [0.5, 0.6) is 0 Å². The molecular weight excluding hydrogens is 300 g/mol. The van der Waals surface area contributed by atoms with Crippen LogP contribution in [0.25, 0.3) is 0 Å². The van der Waals surface area contributed by atoms with Gasteiger partial charge in [-0.15, -0.1) is 11.8 Å². The van der Waals surface area contributed by atoms with Gasteiger partial charge < -0.3 is 9.84 Å². The molecule has 0 radical (unpaired) electrons. The van der Waals surface area contributed by atoms with Gasteiger partial charge in [-0.05, 0) is 49.5 Å².